The number of nitrogen functional groups attached to an aromatic ring is 1. The van der Waals surface area contributed by atoms with Gasteiger partial charge in [-0.05, 0) is 17.7 Å². The van der Waals surface area contributed by atoms with Crippen LogP contribution in [0.1, 0.15) is 17.2 Å². The van der Waals surface area contributed by atoms with E-state index in [1.165, 1.54) is 18.2 Å². The third-order valence-corrected chi connectivity index (χ3v) is 2.09. The van der Waals surface area contributed by atoms with E-state index in [9.17, 15) is 10.2 Å². The van der Waals surface area contributed by atoms with E-state index in [-0.39, 0.29) is 5.69 Å². The maximum absolute atomic E-state index is 9.53. The number of nitrogens with two attached hydrogens (primary N) is 1. The van der Waals surface area contributed by atoms with Crippen LogP contribution in [0, 0.1) is 11.3 Å². The molecule has 1 aromatic rings. The van der Waals surface area contributed by atoms with Crippen LogP contribution in [0.3, 0.4) is 0 Å². The van der Waals surface area contributed by atoms with Gasteiger partial charge in [0, 0.05) is 5.69 Å². The van der Waals surface area contributed by atoms with Crippen molar-refractivity contribution >= 4 is 5.69 Å². The van der Waals surface area contributed by atoms with Crippen molar-refractivity contribution in [3.8, 4) is 6.07 Å². The van der Waals surface area contributed by atoms with Crippen LogP contribution in [0.2, 0.25) is 0 Å². The molecular weight excluding hydrogens is 196 g/mol. The summed E-state index contributed by atoms with van der Waals surface area (Å²) in [7, 11) is 0. The van der Waals surface area contributed by atoms with Gasteiger partial charge in [0.2, 0.25) is 0 Å². The Balaban J connectivity index is 2.98. The third kappa shape index (κ3) is 2.44. The Bertz CT molecular complexity index is 387. The minimum Gasteiger partial charge on any atom is -0.398 e. The molecule has 0 aromatic heterocycles. The summed E-state index contributed by atoms with van der Waals surface area (Å²) in [5, 5.41) is 36.0. The van der Waals surface area contributed by atoms with E-state index < -0.39 is 18.8 Å². The summed E-state index contributed by atoms with van der Waals surface area (Å²) >= 11 is 0. The zero-order chi connectivity index (χ0) is 11.4. The molecule has 0 amide bonds. The average Bonchev–Trinajstić information content (AvgIpc) is 2.26. The fraction of sp³-hybridized carbons (Fsp3) is 0.300. The van der Waals surface area contributed by atoms with Crippen molar-refractivity contribution in [3.63, 3.8) is 0 Å². The number of rotatable bonds is 3. The first-order valence-electron chi connectivity index (χ1n) is 4.36. The molecule has 0 saturated carbocycles. The molecule has 2 atom stereocenters. The Morgan fingerprint density at radius 2 is 2.07 bits per heavy atom. The molecule has 0 aliphatic heterocycles. The quantitative estimate of drug-likeness (QED) is 0.502. The molecule has 0 heterocycles. The van der Waals surface area contributed by atoms with Crippen molar-refractivity contribution in [1.29, 1.82) is 5.26 Å². The van der Waals surface area contributed by atoms with Crippen LogP contribution in [0.25, 0.3) is 0 Å². The van der Waals surface area contributed by atoms with Crippen molar-refractivity contribution in [2.24, 2.45) is 0 Å². The zero-order valence-corrected chi connectivity index (χ0v) is 7.96. The van der Waals surface area contributed by atoms with Crippen LogP contribution in [-0.4, -0.2) is 28.0 Å². The average molecular weight is 208 g/mol. The number of aliphatic hydroxyl groups excluding tert-OH is 3. The molecule has 0 bridgehead atoms. The second-order valence-electron chi connectivity index (χ2n) is 3.15. The lowest BCUT2D eigenvalue weighted by Gasteiger charge is -2.16. The van der Waals surface area contributed by atoms with E-state index in [1.54, 1.807) is 0 Å². The van der Waals surface area contributed by atoms with Crippen LogP contribution in [0.5, 0.6) is 0 Å². The molecule has 80 valence electrons. The molecule has 0 saturated heterocycles. The van der Waals surface area contributed by atoms with Gasteiger partial charge in [0.05, 0.1) is 12.2 Å². The minimum absolute atomic E-state index is 0.235. The fourth-order valence-corrected chi connectivity index (χ4v) is 1.19. The number of hydrogen-bond acceptors (Lipinski definition) is 5. The molecule has 0 aliphatic carbocycles. The van der Waals surface area contributed by atoms with Crippen molar-refractivity contribution in [2.45, 2.75) is 12.2 Å². The Labute approximate surface area is 87.0 Å². The smallest absolute Gasteiger partial charge is 0.107 e. The molecule has 2 unspecified atom stereocenters. The Morgan fingerprint density at radius 1 is 1.40 bits per heavy atom. The van der Waals surface area contributed by atoms with Crippen LogP contribution >= 0.6 is 0 Å². The van der Waals surface area contributed by atoms with Gasteiger partial charge in [-0.15, -0.1) is 0 Å². The summed E-state index contributed by atoms with van der Waals surface area (Å²) in [6, 6.07) is 6.23. The molecule has 1 rings (SSSR count). The molecule has 0 fully saturated rings. The first-order valence-corrected chi connectivity index (χ1v) is 4.36. The van der Waals surface area contributed by atoms with E-state index in [4.69, 9.17) is 16.1 Å². The van der Waals surface area contributed by atoms with Crippen LogP contribution in [-0.2, 0) is 0 Å². The summed E-state index contributed by atoms with van der Waals surface area (Å²) < 4.78 is 0. The van der Waals surface area contributed by atoms with Gasteiger partial charge in [0.15, 0.2) is 0 Å². The SMILES string of the molecule is N#Cc1ccc(C(O)C(O)CO)cc1N. The second kappa shape index (κ2) is 4.75. The topological polar surface area (TPSA) is 110 Å². The number of aliphatic hydroxyl groups is 3. The van der Waals surface area contributed by atoms with Crippen molar-refractivity contribution < 1.29 is 15.3 Å². The first kappa shape index (κ1) is 11.5. The van der Waals surface area contributed by atoms with Crippen LogP contribution in [0.15, 0.2) is 18.2 Å². The largest absolute Gasteiger partial charge is 0.398 e. The van der Waals surface area contributed by atoms with Gasteiger partial charge in [0.25, 0.3) is 0 Å². The van der Waals surface area contributed by atoms with E-state index in [0.29, 0.717) is 11.1 Å². The van der Waals surface area contributed by atoms with E-state index in [0.717, 1.165) is 0 Å². The second-order valence-corrected chi connectivity index (χ2v) is 3.15. The molecule has 15 heavy (non-hydrogen) atoms. The maximum Gasteiger partial charge on any atom is 0.107 e. The summed E-state index contributed by atoms with van der Waals surface area (Å²) in [4.78, 5) is 0. The maximum atomic E-state index is 9.53. The molecule has 1 aromatic carbocycles. The van der Waals surface area contributed by atoms with E-state index >= 15 is 0 Å². The van der Waals surface area contributed by atoms with Gasteiger partial charge >= 0.3 is 0 Å². The van der Waals surface area contributed by atoms with Gasteiger partial charge in [-0.1, -0.05) is 6.07 Å². The molecule has 0 aliphatic rings. The molecule has 0 spiro atoms. The highest BCUT2D eigenvalue weighted by Crippen LogP contribution is 2.21. The van der Waals surface area contributed by atoms with Gasteiger partial charge in [0.1, 0.15) is 18.3 Å². The monoisotopic (exact) mass is 208 g/mol. The summed E-state index contributed by atoms with van der Waals surface area (Å²) in [6.45, 7) is -0.541. The lowest BCUT2D eigenvalue weighted by molar-refractivity contribution is -0.0152. The number of anilines is 1. The highest BCUT2D eigenvalue weighted by atomic mass is 16.4. The van der Waals surface area contributed by atoms with Gasteiger partial charge in [-0.2, -0.15) is 5.26 Å². The Kier molecular flexibility index (Phi) is 3.63. The number of hydrogen-bond donors (Lipinski definition) is 4. The predicted octanol–water partition coefficient (Wildman–Crippen LogP) is -0.473. The van der Waals surface area contributed by atoms with Crippen LogP contribution < -0.4 is 5.73 Å². The Morgan fingerprint density at radius 3 is 2.53 bits per heavy atom. The summed E-state index contributed by atoms with van der Waals surface area (Å²) in [5.74, 6) is 0. The van der Waals surface area contributed by atoms with Crippen molar-refractivity contribution in [1.82, 2.24) is 0 Å². The highest BCUT2D eigenvalue weighted by Gasteiger charge is 2.17. The van der Waals surface area contributed by atoms with Gasteiger partial charge < -0.3 is 21.1 Å². The van der Waals surface area contributed by atoms with Crippen LogP contribution in [0.4, 0.5) is 5.69 Å². The fourth-order valence-electron chi connectivity index (χ4n) is 1.19. The molecular formula is C10H12N2O3. The molecule has 5 N–H and O–H groups in total. The molecule has 5 nitrogen and oxygen atoms in total. The minimum atomic E-state index is -1.25. The Hall–Kier alpha value is -1.61. The lowest BCUT2D eigenvalue weighted by atomic mass is 10.0. The van der Waals surface area contributed by atoms with E-state index in [1.807, 2.05) is 6.07 Å². The number of nitrogens with zero attached hydrogens (tertiary/aromatic N) is 1. The molecule has 0 radical (unpaired) electrons. The molecule has 5 heteroatoms. The van der Waals surface area contributed by atoms with E-state index in [2.05, 4.69) is 0 Å². The normalized spacial score (nSPS) is 14.3. The van der Waals surface area contributed by atoms with Crippen molar-refractivity contribution in [3.05, 3.63) is 29.3 Å². The van der Waals surface area contributed by atoms with Gasteiger partial charge in [-0.25, -0.2) is 0 Å². The van der Waals surface area contributed by atoms with Gasteiger partial charge in [-0.3, -0.25) is 0 Å². The third-order valence-electron chi connectivity index (χ3n) is 2.09. The zero-order valence-electron chi connectivity index (χ0n) is 7.96. The lowest BCUT2D eigenvalue weighted by Crippen LogP contribution is -2.22. The standard InChI is InChI=1S/C10H12N2O3/c11-4-7-2-1-6(3-8(7)12)10(15)9(14)5-13/h1-3,9-10,13-15H,5,12H2. The number of nitriles is 1. The predicted molar refractivity (Wildman–Crippen MR) is 53.6 cm³/mol. The summed E-state index contributed by atoms with van der Waals surface area (Å²) in [5.41, 5.74) is 6.45. The summed E-state index contributed by atoms with van der Waals surface area (Å²) in [6.07, 6.45) is -2.46. The van der Waals surface area contributed by atoms with Crippen molar-refractivity contribution in [2.75, 3.05) is 12.3 Å². The first-order chi connectivity index (χ1) is 7.10. The highest BCUT2D eigenvalue weighted by molar-refractivity contribution is 5.55. The number of benzene rings is 1.